The van der Waals surface area contributed by atoms with Gasteiger partial charge in [-0.25, -0.2) is 9.97 Å². The van der Waals surface area contributed by atoms with E-state index in [-0.39, 0.29) is 18.1 Å². The monoisotopic (exact) mass is 623 g/mol. The number of carbonyl (C=O) groups is 1. The lowest BCUT2D eigenvalue weighted by Gasteiger charge is -2.32. The Morgan fingerprint density at radius 2 is 1.87 bits per heavy atom. The predicted molar refractivity (Wildman–Crippen MR) is 171 cm³/mol. The van der Waals surface area contributed by atoms with Crippen molar-refractivity contribution in [1.82, 2.24) is 29.4 Å². The second kappa shape index (κ2) is 13.3. The number of benzene rings is 2. The van der Waals surface area contributed by atoms with Gasteiger partial charge < -0.3 is 19.4 Å². The zero-order valence-corrected chi connectivity index (χ0v) is 25.6. The highest BCUT2D eigenvalue weighted by Gasteiger charge is 2.26. The summed E-state index contributed by atoms with van der Waals surface area (Å²) in [5, 5.41) is 3.69. The summed E-state index contributed by atoms with van der Waals surface area (Å²) in [6.45, 7) is 4.08. The van der Waals surface area contributed by atoms with Crippen molar-refractivity contribution in [1.29, 1.82) is 0 Å². The molecular formula is C34H34ClN7O3. The zero-order chi connectivity index (χ0) is 30.6. The first-order chi connectivity index (χ1) is 22.1. The van der Waals surface area contributed by atoms with E-state index in [1.807, 2.05) is 48.5 Å². The van der Waals surface area contributed by atoms with Crippen LogP contribution in [-0.4, -0.2) is 67.2 Å². The van der Waals surface area contributed by atoms with Gasteiger partial charge in [0.15, 0.2) is 0 Å². The predicted octanol–water partition coefficient (Wildman–Crippen LogP) is 5.55. The Morgan fingerprint density at radius 1 is 1.02 bits per heavy atom. The summed E-state index contributed by atoms with van der Waals surface area (Å²) in [4.78, 5) is 33.3. The van der Waals surface area contributed by atoms with Crippen LogP contribution < -0.4 is 10.1 Å². The average molecular weight is 624 g/mol. The number of carbonyl (C=O) groups excluding carboxylic acids is 1. The molecule has 2 aliphatic rings. The maximum atomic E-state index is 12.7. The second-order valence-corrected chi connectivity index (χ2v) is 12.0. The van der Waals surface area contributed by atoms with Gasteiger partial charge in [0.1, 0.15) is 17.8 Å². The summed E-state index contributed by atoms with van der Waals surface area (Å²) in [6.07, 6.45) is 8.71. The molecule has 45 heavy (non-hydrogen) atoms. The average Bonchev–Trinajstić information content (AvgIpc) is 3.37. The molecule has 2 aliphatic heterocycles. The van der Waals surface area contributed by atoms with Gasteiger partial charge in [-0.15, -0.1) is 0 Å². The number of rotatable bonds is 10. The van der Waals surface area contributed by atoms with Crippen LogP contribution in [0.3, 0.4) is 0 Å². The van der Waals surface area contributed by atoms with Gasteiger partial charge >= 0.3 is 0 Å². The molecule has 5 heterocycles. The van der Waals surface area contributed by atoms with Gasteiger partial charge in [-0.1, -0.05) is 23.7 Å². The van der Waals surface area contributed by atoms with E-state index in [0.717, 1.165) is 80.3 Å². The van der Waals surface area contributed by atoms with E-state index in [1.165, 1.54) is 0 Å². The Kier molecular flexibility index (Phi) is 8.68. The third-order valence-electron chi connectivity index (χ3n) is 8.33. The van der Waals surface area contributed by atoms with Crippen LogP contribution in [-0.2, 0) is 24.2 Å². The molecule has 10 nitrogen and oxygen atoms in total. The first kappa shape index (κ1) is 29.3. The lowest BCUT2D eigenvalue weighted by molar-refractivity contribution is -0.0592. The highest BCUT2D eigenvalue weighted by molar-refractivity contribution is 6.30. The number of likely N-dealkylation sites (tertiary alicyclic amines) is 1. The Morgan fingerprint density at radius 3 is 2.62 bits per heavy atom. The van der Waals surface area contributed by atoms with Gasteiger partial charge in [-0.05, 0) is 67.3 Å². The molecule has 3 aromatic heterocycles. The number of halogens is 1. The van der Waals surface area contributed by atoms with Crippen LogP contribution in [0.25, 0.3) is 11.0 Å². The van der Waals surface area contributed by atoms with Crippen LogP contribution in [0.4, 0.5) is 5.69 Å². The smallest absolute Gasteiger partial charge is 0.257 e. The molecule has 11 heteroatoms. The molecule has 0 aliphatic carbocycles. The molecular weight excluding hydrogens is 590 g/mol. The van der Waals surface area contributed by atoms with Gasteiger partial charge in [-0.2, -0.15) is 4.98 Å². The van der Waals surface area contributed by atoms with E-state index in [4.69, 9.17) is 26.1 Å². The second-order valence-electron chi connectivity index (χ2n) is 11.5. The number of ether oxygens (including phenoxy) is 2. The topological polar surface area (TPSA) is 107 Å². The number of hydrogen-bond donors (Lipinski definition) is 1. The molecule has 0 unspecified atom stereocenters. The maximum Gasteiger partial charge on any atom is 0.257 e. The number of imidazole rings is 1. The van der Waals surface area contributed by atoms with Crippen LogP contribution >= 0.6 is 11.6 Å². The van der Waals surface area contributed by atoms with Crippen LogP contribution in [0.15, 0.2) is 79.3 Å². The van der Waals surface area contributed by atoms with Crippen molar-refractivity contribution in [3.8, 4) is 5.88 Å². The maximum absolute atomic E-state index is 12.7. The van der Waals surface area contributed by atoms with E-state index in [1.54, 1.807) is 30.7 Å². The van der Waals surface area contributed by atoms with Crippen molar-refractivity contribution in [2.45, 2.75) is 51.0 Å². The molecule has 230 valence electrons. The molecule has 0 saturated carbocycles. The fraction of sp³-hybridized carbons (Fsp3) is 0.324. The highest BCUT2D eigenvalue weighted by atomic mass is 35.5. The number of aromatic nitrogens is 5. The lowest BCUT2D eigenvalue weighted by Crippen LogP contribution is -2.39. The van der Waals surface area contributed by atoms with Crippen molar-refractivity contribution in [3.63, 3.8) is 0 Å². The number of hydrogen-bond acceptors (Lipinski definition) is 8. The summed E-state index contributed by atoms with van der Waals surface area (Å²) in [6, 6.07) is 19.0. The molecule has 1 N–H and O–H groups in total. The van der Waals surface area contributed by atoms with E-state index in [0.29, 0.717) is 28.6 Å². The third kappa shape index (κ3) is 7.14. The molecule has 7 rings (SSSR count). The molecule has 0 radical (unpaired) electrons. The first-order valence-corrected chi connectivity index (χ1v) is 15.7. The molecule has 2 saturated heterocycles. The number of nitrogens with zero attached hydrogens (tertiary/aromatic N) is 6. The quantitative estimate of drug-likeness (QED) is 0.216. The van der Waals surface area contributed by atoms with Crippen LogP contribution in [0.5, 0.6) is 5.88 Å². The summed E-state index contributed by atoms with van der Waals surface area (Å²) in [7, 11) is 0. The molecule has 1 amide bonds. The number of nitrogens with one attached hydrogen (secondary N) is 1. The minimum absolute atomic E-state index is 0.0905. The van der Waals surface area contributed by atoms with Crippen molar-refractivity contribution < 1.29 is 14.3 Å². The number of amides is 1. The summed E-state index contributed by atoms with van der Waals surface area (Å²) in [5.74, 6) is 2.13. The van der Waals surface area contributed by atoms with Crippen LogP contribution in [0.2, 0.25) is 5.02 Å². The van der Waals surface area contributed by atoms with Gasteiger partial charge in [0.2, 0.25) is 5.88 Å². The van der Waals surface area contributed by atoms with Crippen molar-refractivity contribution in [2.24, 2.45) is 0 Å². The largest absolute Gasteiger partial charge is 0.474 e. The Balaban J connectivity index is 0.995. The molecule has 2 aromatic carbocycles. The van der Waals surface area contributed by atoms with Crippen molar-refractivity contribution in [2.75, 3.05) is 25.0 Å². The summed E-state index contributed by atoms with van der Waals surface area (Å²) >= 11 is 6.02. The Labute approximate surface area is 266 Å². The van der Waals surface area contributed by atoms with Crippen LogP contribution in [0.1, 0.15) is 46.8 Å². The number of piperidine rings is 1. The van der Waals surface area contributed by atoms with E-state index < -0.39 is 0 Å². The zero-order valence-electron chi connectivity index (χ0n) is 24.8. The standard InChI is InChI=1S/C34H34ClN7O3/c35-25-5-3-23(4-6-25)18-31-37-14-9-33(40-31)45-27-10-15-41(16-11-27)22-32-39-29-19-26(38-34(43)24-2-1-13-36-20-24)7-8-30(29)42(32)21-28-12-17-44-28/h1-9,13-14,19-20,27-28H,10-12,15-18,21-22H2,(H,38,43)/t28-/m0/s1. The number of anilines is 1. The number of fused-ring (bicyclic) bond motifs is 1. The van der Waals surface area contributed by atoms with Gasteiger partial charge in [0.05, 0.1) is 35.8 Å². The highest BCUT2D eigenvalue weighted by Crippen LogP contribution is 2.26. The summed E-state index contributed by atoms with van der Waals surface area (Å²) < 4.78 is 14.4. The lowest BCUT2D eigenvalue weighted by atomic mass is 10.1. The Hall–Kier alpha value is -4.38. The van der Waals surface area contributed by atoms with Gasteiger partial charge in [-0.3, -0.25) is 14.7 Å². The van der Waals surface area contributed by atoms with Gasteiger partial charge in [0, 0.05) is 61.5 Å². The molecule has 2 fully saturated rings. The van der Waals surface area contributed by atoms with Crippen LogP contribution in [0, 0.1) is 0 Å². The molecule has 0 bridgehead atoms. The first-order valence-electron chi connectivity index (χ1n) is 15.3. The van der Waals surface area contributed by atoms with E-state index in [9.17, 15) is 4.79 Å². The minimum atomic E-state index is -0.199. The normalized spacial score (nSPS) is 17.2. The fourth-order valence-electron chi connectivity index (χ4n) is 5.79. The van der Waals surface area contributed by atoms with Crippen molar-refractivity contribution in [3.05, 3.63) is 107 Å². The molecule has 1 atom stereocenters. The minimum Gasteiger partial charge on any atom is -0.474 e. The summed E-state index contributed by atoms with van der Waals surface area (Å²) in [5.41, 5.74) is 4.20. The van der Waals surface area contributed by atoms with Crippen molar-refractivity contribution >= 4 is 34.2 Å². The molecule has 5 aromatic rings. The molecule has 0 spiro atoms. The third-order valence-corrected chi connectivity index (χ3v) is 8.58. The van der Waals surface area contributed by atoms with Gasteiger partial charge in [0.25, 0.3) is 5.91 Å². The fourth-order valence-corrected chi connectivity index (χ4v) is 5.91. The van der Waals surface area contributed by atoms with E-state index >= 15 is 0 Å². The van der Waals surface area contributed by atoms with E-state index in [2.05, 4.69) is 29.7 Å². The SMILES string of the molecule is O=C(Nc1ccc2c(c1)nc(CN1CCC(Oc3ccnc(Cc4ccc(Cl)cc4)n3)CC1)n2C[C@@H]1CCO1)c1cccnc1. The number of pyridine rings is 1. The Bertz CT molecular complexity index is 1770.